The quantitative estimate of drug-likeness (QED) is 0.282. The summed E-state index contributed by atoms with van der Waals surface area (Å²) in [6.45, 7) is 3.11. The fourth-order valence-corrected chi connectivity index (χ4v) is 3.12. The minimum Gasteiger partial charge on any atom is -0.225 e. The Morgan fingerprint density at radius 3 is 2.12 bits per heavy atom. The van der Waals surface area contributed by atoms with E-state index in [0.717, 1.165) is 24.0 Å². The molecule has 0 aliphatic rings. The van der Waals surface area contributed by atoms with Crippen molar-refractivity contribution in [1.29, 1.82) is 0 Å². The molecule has 2 rings (SSSR count). The Morgan fingerprint density at radius 1 is 0.720 bits per heavy atom. The number of aliphatic imine (C=N–C) groups is 2. The number of hydrogen-bond acceptors (Lipinski definition) is 2. The molecule has 0 aliphatic carbocycles. The van der Waals surface area contributed by atoms with Gasteiger partial charge in [0, 0.05) is 11.9 Å². The molecule has 0 unspecified atom stereocenters. The van der Waals surface area contributed by atoms with E-state index in [4.69, 9.17) is 0 Å². The first-order valence-electron chi connectivity index (χ1n) is 10.0. The average Bonchev–Trinajstić information content (AvgIpc) is 2.65. The van der Waals surface area contributed by atoms with Crippen LogP contribution in [0, 0.1) is 0 Å². The van der Waals surface area contributed by atoms with Crippen molar-refractivity contribution in [3.05, 3.63) is 42.5 Å². The second-order valence-corrected chi connectivity index (χ2v) is 6.77. The molecule has 0 amide bonds. The maximum atomic E-state index is 4.40. The third-order valence-corrected chi connectivity index (χ3v) is 4.63. The van der Waals surface area contributed by atoms with Crippen LogP contribution in [0.4, 0.5) is 5.69 Å². The predicted octanol–water partition coefficient (Wildman–Crippen LogP) is 7.57. The van der Waals surface area contributed by atoms with Crippen molar-refractivity contribution in [2.75, 3.05) is 6.54 Å². The van der Waals surface area contributed by atoms with Crippen LogP contribution in [0.3, 0.4) is 0 Å². The molecular weight excluding hydrogens is 304 g/mol. The highest BCUT2D eigenvalue weighted by atomic mass is 14.8. The summed E-state index contributed by atoms with van der Waals surface area (Å²) >= 11 is 0. The van der Waals surface area contributed by atoms with E-state index < -0.39 is 0 Å². The highest BCUT2D eigenvalue weighted by molar-refractivity contribution is 5.93. The summed E-state index contributed by atoms with van der Waals surface area (Å²) in [6, 6.07) is 17.3. The number of nitrogens with zero attached hydrogens (tertiary/aromatic N) is 2. The first kappa shape index (κ1) is 19.4. The van der Waals surface area contributed by atoms with Gasteiger partial charge in [-0.15, -0.1) is 0 Å². The van der Waals surface area contributed by atoms with Gasteiger partial charge in [0.25, 0.3) is 0 Å². The normalized spacial score (nSPS) is 10.6. The molecular formula is C23H32N2. The fraction of sp³-hybridized carbons (Fsp3) is 0.522. The van der Waals surface area contributed by atoms with E-state index in [0.29, 0.717) is 0 Å². The summed E-state index contributed by atoms with van der Waals surface area (Å²) in [5.41, 5.74) is 0.949. The van der Waals surface area contributed by atoms with Gasteiger partial charge in [0.2, 0.25) is 0 Å². The molecule has 2 aromatic rings. The smallest absolute Gasteiger partial charge is 0.0949 e. The summed E-state index contributed by atoms with van der Waals surface area (Å²) in [6.07, 6.45) is 13.5. The van der Waals surface area contributed by atoms with Gasteiger partial charge in [-0.05, 0) is 17.9 Å². The van der Waals surface area contributed by atoms with Crippen LogP contribution in [0.5, 0.6) is 0 Å². The van der Waals surface area contributed by atoms with Gasteiger partial charge in [-0.1, -0.05) is 101 Å². The largest absolute Gasteiger partial charge is 0.225 e. The molecule has 0 aliphatic heterocycles. The first-order valence-corrected chi connectivity index (χ1v) is 10.0. The van der Waals surface area contributed by atoms with Crippen LogP contribution < -0.4 is 0 Å². The van der Waals surface area contributed by atoms with Crippen LogP contribution in [-0.2, 0) is 0 Å². The molecule has 0 bridgehead atoms. The summed E-state index contributed by atoms with van der Waals surface area (Å²) < 4.78 is 0. The summed E-state index contributed by atoms with van der Waals surface area (Å²) in [4.78, 5) is 8.72. The van der Waals surface area contributed by atoms with E-state index in [2.05, 4.69) is 47.2 Å². The lowest BCUT2D eigenvalue weighted by atomic mass is 10.1. The molecule has 0 heterocycles. The van der Waals surface area contributed by atoms with Crippen LogP contribution in [-0.4, -0.2) is 12.6 Å². The lowest BCUT2D eigenvalue weighted by molar-refractivity contribution is 0.558. The zero-order chi connectivity index (χ0) is 17.6. The number of benzene rings is 2. The highest BCUT2D eigenvalue weighted by Crippen LogP contribution is 2.24. The van der Waals surface area contributed by atoms with Crippen molar-refractivity contribution in [1.82, 2.24) is 0 Å². The third-order valence-electron chi connectivity index (χ3n) is 4.63. The Labute approximate surface area is 153 Å². The van der Waals surface area contributed by atoms with Gasteiger partial charge in [0.15, 0.2) is 0 Å². The predicted molar refractivity (Wildman–Crippen MR) is 110 cm³/mol. The summed E-state index contributed by atoms with van der Waals surface area (Å²) in [5.74, 6) is 0. The molecule has 0 atom stereocenters. The van der Waals surface area contributed by atoms with Gasteiger partial charge in [-0.3, -0.25) is 0 Å². The molecule has 0 saturated carbocycles. The van der Waals surface area contributed by atoms with Crippen LogP contribution in [0.25, 0.3) is 10.8 Å². The fourth-order valence-electron chi connectivity index (χ4n) is 3.12. The molecule has 25 heavy (non-hydrogen) atoms. The second-order valence-electron chi connectivity index (χ2n) is 6.77. The van der Waals surface area contributed by atoms with Gasteiger partial charge in [-0.2, -0.15) is 4.99 Å². The molecule has 0 fully saturated rings. The Hall–Kier alpha value is -1.92. The van der Waals surface area contributed by atoms with E-state index in [1.807, 2.05) is 18.2 Å². The van der Waals surface area contributed by atoms with Crippen LogP contribution in [0.15, 0.2) is 52.4 Å². The Kier molecular flexibility index (Phi) is 9.66. The topological polar surface area (TPSA) is 24.7 Å². The Morgan fingerprint density at radius 2 is 1.36 bits per heavy atom. The Bertz CT molecular complexity index is 663. The van der Waals surface area contributed by atoms with E-state index in [9.17, 15) is 0 Å². The second kappa shape index (κ2) is 12.4. The zero-order valence-electron chi connectivity index (χ0n) is 15.7. The van der Waals surface area contributed by atoms with E-state index >= 15 is 0 Å². The van der Waals surface area contributed by atoms with Crippen molar-refractivity contribution in [3.63, 3.8) is 0 Å². The molecule has 2 aromatic carbocycles. The summed E-state index contributed by atoms with van der Waals surface area (Å²) in [5, 5.41) is 2.37. The van der Waals surface area contributed by atoms with Crippen molar-refractivity contribution >= 4 is 22.5 Å². The number of fused-ring (bicyclic) bond motifs is 1. The molecule has 2 nitrogen and oxygen atoms in total. The molecule has 0 radical (unpaired) electrons. The van der Waals surface area contributed by atoms with Crippen LogP contribution in [0.2, 0.25) is 0 Å². The third kappa shape index (κ3) is 7.67. The van der Waals surface area contributed by atoms with Crippen molar-refractivity contribution in [3.8, 4) is 0 Å². The van der Waals surface area contributed by atoms with Gasteiger partial charge in [0.1, 0.15) is 0 Å². The van der Waals surface area contributed by atoms with E-state index in [1.54, 1.807) is 0 Å². The van der Waals surface area contributed by atoms with Crippen LogP contribution >= 0.6 is 0 Å². The number of unbranched alkanes of at least 4 members (excludes halogenated alkanes) is 9. The molecule has 0 spiro atoms. The van der Waals surface area contributed by atoms with Gasteiger partial charge in [0.05, 0.1) is 11.7 Å². The minimum atomic E-state index is 0.838. The number of rotatable bonds is 12. The molecule has 0 saturated heterocycles. The lowest BCUT2D eigenvalue weighted by Gasteiger charge is -2.00. The van der Waals surface area contributed by atoms with Crippen LogP contribution in [0.1, 0.15) is 71.1 Å². The van der Waals surface area contributed by atoms with Gasteiger partial charge >= 0.3 is 0 Å². The van der Waals surface area contributed by atoms with Crippen molar-refractivity contribution in [2.45, 2.75) is 71.1 Å². The van der Waals surface area contributed by atoms with Gasteiger partial charge in [-0.25, -0.2) is 4.99 Å². The Balaban J connectivity index is 1.59. The van der Waals surface area contributed by atoms with E-state index in [-0.39, 0.29) is 0 Å². The molecule has 134 valence electrons. The van der Waals surface area contributed by atoms with Gasteiger partial charge < -0.3 is 0 Å². The minimum absolute atomic E-state index is 0.838. The first-order chi connectivity index (χ1) is 12.4. The average molecular weight is 337 g/mol. The summed E-state index contributed by atoms with van der Waals surface area (Å²) in [7, 11) is 0. The van der Waals surface area contributed by atoms with Crippen molar-refractivity contribution < 1.29 is 0 Å². The van der Waals surface area contributed by atoms with E-state index in [1.165, 1.54) is 63.2 Å². The maximum Gasteiger partial charge on any atom is 0.0949 e. The lowest BCUT2D eigenvalue weighted by Crippen LogP contribution is -1.84. The maximum absolute atomic E-state index is 4.40. The SMILES string of the molecule is CCCCCCCCCCCCN=C=Nc1cccc2ccccc12. The molecule has 2 heteroatoms. The zero-order valence-corrected chi connectivity index (χ0v) is 15.7. The number of hydrogen-bond donors (Lipinski definition) is 0. The molecule has 0 aromatic heterocycles. The monoisotopic (exact) mass is 336 g/mol. The molecule has 0 N–H and O–H groups in total. The van der Waals surface area contributed by atoms with Crippen molar-refractivity contribution in [2.24, 2.45) is 9.98 Å². The standard InChI is InChI=1S/C23H32N2/c1-2-3-4-5-6-7-8-9-10-13-19-24-20-25-23-18-14-16-21-15-11-12-17-22(21)23/h11-12,14-18H,2-10,13,19H2,1H3. The highest BCUT2D eigenvalue weighted by Gasteiger charge is 1.96.